The van der Waals surface area contributed by atoms with Crippen molar-refractivity contribution in [3.63, 3.8) is 0 Å². The Balaban J connectivity index is 1.57. The van der Waals surface area contributed by atoms with E-state index in [1.165, 1.54) is 18.4 Å². The maximum atomic E-state index is 13.2. The van der Waals surface area contributed by atoms with Crippen molar-refractivity contribution in [1.82, 2.24) is 10.3 Å². The number of halogens is 1. The smallest absolute Gasteiger partial charge is 0.252 e. The lowest BCUT2D eigenvalue weighted by Gasteiger charge is -2.12. The first kappa shape index (κ1) is 24.0. The average molecular weight is 517 g/mol. The molecule has 1 heterocycles. The Morgan fingerprint density at radius 3 is 2.35 bits per heavy atom. The lowest BCUT2D eigenvalue weighted by Crippen LogP contribution is -2.26. The number of carbonyl (C=O) groups is 1. The van der Waals surface area contributed by atoms with Crippen molar-refractivity contribution >= 4 is 32.7 Å². The van der Waals surface area contributed by atoms with Gasteiger partial charge in [0, 0.05) is 22.0 Å². The molecule has 0 radical (unpaired) electrons. The molecule has 0 bridgehead atoms. The van der Waals surface area contributed by atoms with Crippen LogP contribution in [0.1, 0.15) is 41.3 Å². The number of aryl methyl sites for hydroxylation is 1. The van der Waals surface area contributed by atoms with Gasteiger partial charge in [-0.05, 0) is 66.8 Å². The SMILES string of the molecule is CCCCc1ccc(-c2cc(C(=O)NCCc3ccc(OC)cc3)c3cc(Br)ccc3n2)cc1. The van der Waals surface area contributed by atoms with Gasteiger partial charge in [0.25, 0.3) is 5.91 Å². The molecule has 174 valence electrons. The fraction of sp³-hybridized carbons (Fsp3) is 0.241. The number of fused-ring (bicyclic) bond motifs is 1. The molecule has 0 unspecified atom stereocenters. The summed E-state index contributed by atoms with van der Waals surface area (Å²) in [5.74, 6) is 0.729. The number of hydrogen-bond acceptors (Lipinski definition) is 3. The van der Waals surface area contributed by atoms with E-state index in [9.17, 15) is 4.79 Å². The highest BCUT2D eigenvalue weighted by atomic mass is 79.9. The molecule has 4 nitrogen and oxygen atoms in total. The van der Waals surface area contributed by atoms with E-state index in [0.29, 0.717) is 12.1 Å². The minimum atomic E-state index is -0.0974. The number of unbranched alkanes of at least 4 members (excludes halogenated alkanes) is 1. The van der Waals surface area contributed by atoms with E-state index in [1.807, 2.05) is 48.5 Å². The Kier molecular flexibility index (Phi) is 7.96. The highest BCUT2D eigenvalue weighted by molar-refractivity contribution is 9.10. The third-order valence-electron chi connectivity index (χ3n) is 5.94. The second-order valence-corrected chi connectivity index (χ2v) is 9.29. The highest BCUT2D eigenvalue weighted by Gasteiger charge is 2.14. The molecule has 3 aromatic carbocycles. The third kappa shape index (κ3) is 5.84. The molecule has 5 heteroatoms. The van der Waals surface area contributed by atoms with Gasteiger partial charge >= 0.3 is 0 Å². The predicted molar refractivity (Wildman–Crippen MR) is 143 cm³/mol. The summed E-state index contributed by atoms with van der Waals surface area (Å²) in [6, 6.07) is 24.2. The first-order chi connectivity index (χ1) is 16.6. The van der Waals surface area contributed by atoms with Crippen molar-refractivity contribution in [1.29, 1.82) is 0 Å². The fourth-order valence-electron chi connectivity index (χ4n) is 3.96. The van der Waals surface area contributed by atoms with Crippen molar-refractivity contribution in [2.24, 2.45) is 0 Å². The molecule has 1 amide bonds. The van der Waals surface area contributed by atoms with Crippen molar-refractivity contribution in [3.05, 3.63) is 94.0 Å². The molecule has 0 aliphatic heterocycles. The zero-order valence-electron chi connectivity index (χ0n) is 19.6. The molecule has 0 fully saturated rings. The molecule has 0 aliphatic rings. The summed E-state index contributed by atoms with van der Waals surface area (Å²) in [4.78, 5) is 18.1. The van der Waals surface area contributed by atoms with Gasteiger partial charge in [-0.15, -0.1) is 0 Å². The Hall–Kier alpha value is -3.18. The predicted octanol–water partition coefficient (Wildman–Crippen LogP) is 6.99. The second-order valence-electron chi connectivity index (χ2n) is 8.37. The van der Waals surface area contributed by atoms with E-state index in [4.69, 9.17) is 9.72 Å². The van der Waals surface area contributed by atoms with Crippen LogP contribution < -0.4 is 10.1 Å². The Morgan fingerprint density at radius 1 is 0.941 bits per heavy atom. The van der Waals surface area contributed by atoms with Crippen LogP contribution in [0.2, 0.25) is 0 Å². The number of benzene rings is 3. The topological polar surface area (TPSA) is 51.2 Å². The van der Waals surface area contributed by atoms with Gasteiger partial charge in [0.1, 0.15) is 5.75 Å². The maximum Gasteiger partial charge on any atom is 0.252 e. The van der Waals surface area contributed by atoms with Crippen LogP contribution in [0, 0.1) is 0 Å². The molecule has 4 aromatic rings. The molecule has 0 aliphatic carbocycles. The van der Waals surface area contributed by atoms with E-state index in [2.05, 4.69) is 52.4 Å². The average Bonchev–Trinajstić information content (AvgIpc) is 2.87. The first-order valence-electron chi connectivity index (χ1n) is 11.7. The molecule has 0 saturated carbocycles. The quantitative estimate of drug-likeness (QED) is 0.260. The highest BCUT2D eigenvalue weighted by Crippen LogP contribution is 2.28. The summed E-state index contributed by atoms with van der Waals surface area (Å²) < 4.78 is 6.13. The van der Waals surface area contributed by atoms with E-state index in [-0.39, 0.29) is 5.91 Å². The lowest BCUT2D eigenvalue weighted by molar-refractivity contribution is 0.0955. The van der Waals surface area contributed by atoms with Crippen LogP contribution >= 0.6 is 15.9 Å². The lowest BCUT2D eigenvalue weighted by atomic mass is 10.0. The standard InChI is InChI=1S/C29H29BrN2O2/c1-3-4-5-20-6-10-22(11-7-20)28-19-26(25-18-23(30)12-15-27(25)32-28)29(33)31-17-16-21-8-13-24(34-2)14-9-21/h6-15,18-19H,3-5,16-17H2,1-2H3,(H,31,33). The van der Waals surface area contributed by atoms with Crippen LogP contribution in [0.5, 0.6) is 5.75 Å². The summed E-state index contributed by atoms with van der Waals surface area (Å²) in [5.41, 5.74) is 5.72. The molecule has 1 N–H and O–H groups in total. The van der Waals surface area contributed by atoms with Crippen LogP contribution in [-0.2, 0) is 12.8 Å². The summed E-state index contributed by atoms with van der Waals surface area (Å²) in [5, 5.41) is 3.92. The Morgan fingerprint density at radius 2 is 1.65 bits per heavy atom. The summed E-state index contributed by atoms with van der Waals surface area (Å²) in [7, 11) is 1.65. The zero-order chi connectivity index (χ0) is 23.9. The van der Waals surface area contributed by atoms with Crippen molar-refractivity contribution in [2.45, 2.75) is 32.6 Å². The molecule has 4 rings (SSSR count). The fourth-order valence-corrected chi connectivity index (χ4v) is 4.33. The van der Waals surface area contributed by atoms with Crippen LogP contribution in [0.25, 0.3) is 22.2 Å². The number of aromatic nitrogens is 1. The van der Waals surface area contributed by atoms with Crippen LogP contribution in [-0.4, -0.2) is 24.5 Å². The molecule has 34 heavy (non-hydrogen) atoms. The van der Waals surface area contributed by atoms with Crippen LogP contribution in [0.15, 0.2) is 77.3 Å². The van der Waals surface area contributed by atoms with Crippen molar-refractivity contribution in [3.8, 4) is 17.0 Å². The van der Waals surface area contributed by atoms with Gasteiger partial charge in [0.2, 0.25) is 0 Å². The number of ether oxygens (including phenoxy) is 1. The number of amides is 1. The number of pyridine rings is 1. The zero-order valence-corrected chi connectivity index (χ0v) is 21.2. The number of rotatable bonds is 9. The monoisotopic (exact) mass is 516 g/mol. The largest absolute Gasteiger partial charge is 0.497 e. The molecule has 0 atom stereocenters. The number of carbonyl (C=O) groups excluding carboxylic acids is 1. The van der Waals surface area contributed by atoms with E-state index >= 15 is 0 Å². The van der Waals surface area contributed by atoms with Gasteiger partial charge in [-0.25, -0.2) is 4.98 Å². The molecule has 0 spiro atoms. The number of nitrogens with one attached hydrogen (secondary N) is 1. The van der Waals surface area contributed by atoms with Gasteiger partial charge in [-0.3, -0.25) is 4.79 Å². The molecular weight excluding hydrogens is 488 g/mol. The first-order valence-corrected chi connectivity index (χ1v) is 12.5. The van der Waals surface area contributed by atoms with E-state index < -0.39 is 0 Å². The van der Waals surface area contributed by atoms with Gasteiger partial charge in [-0.1, -0.05) is 65.7 Å². The molecule has 0 saturated heterocycles. The van der Waals surface area contributed by atoms with Gasteiger partial charge in [0.15, 0.2) is 0 Å². The van der Waals surface area contributed by atoms with Crippen molar-refractivity contribution in [2.75, 3.05) is 13.7 Å². The normalized spacial score (nSPS) is 10.9. The summed E-state index contributed by atoms with van der Waals surface area (Å²) >= 11 is 3.53. The molecular formula is C29H29BrN2O2. The molecule has 1 aromatic heterocycles. The number of hydrogen-bond donors (Lipinski definition) is 1. The maximum absolute atomic E-state index is 13.2. The van der Waals surface area contributed by atoms with E-state index in [1.54, 1.807) is 7.11 Å². The van der Waals surface area contributed by atoms with Gasteiger partial charge in [-0.2, -0.15) is 0 Å². The number of methoxy groups -OCH3 is 1. The van der Waals surface area contributed by atoms with Crippen LogP contribution in [0.3, 0.4) is 0 Å². The number of nitrogens with zero attached hydrogens (tertiary/aromatic N) is 1. The van der Waals surface area contributed by atoms with Gasteiger partial charge in [0.05, 0.1) is 23.9 Å². The Bertz CT molecular complexity index is 1270. The second kappa shape index (κ2) is 11.3. The third-order valence-corrected chi connectivity index (χ3v) is 6.44. The Labute approximate surface area is 209 Å². The minimum absolute atomic E-state index is 0.0974. The minimum Gasteiger partial charge on any atom is -0.497 e. The summed E-state index contributed by atoms with van der Waals surface area (Å²) in [6.07, 6.45) is 4.19. The van der Waals surface area contributed by atoms with Crippen LogP contribution in [0.4, 0.5) is 0 Å². The van der Waals surface area contributed by atoms with Gasteiger partial charge < -0.3 is 10.1 Å². The van der Waals surface area contributed by atoms with Crippen molar-refractivity contribution < 1.29 is 9.53 Å². The van der Waals surface area contributed by atoms with E-state index in [0.717, 1.165) is 50.8 Å². The summed E-state index contributed by atoms with van der Waals surface area (Å²) in [6.45, 7) is 2.75.